The molecule has 2 aliphatic carbocycles. The molecule has 150 valence electrons. The minimum absolute atomic E-state index is 0.188. The zero-order chi connectivity index (χ0) is 19.7. The molecule has 2 aliphatic rings. The topological polar surface area (TPSA) is 9.23 Å². The van der Waals surface area contributed by atoms with Crippen LogP contribution in [-0.2, 0) is 0 Å². The maximum Gasteiger partial charge on any atom is 0.573 e. The molecule has 4 atom stereocenters. The lowest BCUT2D eigenvalue weighted by Crippen LogP contribution is -2.29. The molecule has 0 saturated heterocycles. The van der Waals surface area contributed by atoms with Gasteiger partial charge in [-0.1, -0.05) is 49.7 Å². The molecule has 1 unspecified atom stereocenters. The highest BCUT2D eigenvalue weighted by Crippen LogP contribution is 2.47. The van der Waals surface area contributed by atoms with Crippen LogP contribution in [0.4, 0.5) is 13.2 Å². The highest BCUT2D eigenvalue weighted by atomic mass is 19.4. The van der Waals surface area contributed by atoms with Crippen LogP contribution >= 0.6 is 0 Å². The first-order valence-electron chi connectivity index (χ1n) is 10.3. The normalized spacial score (nSPS) is 27.9. The molecule has 0 heterocycles. The van der Waals surface area contributed by atoms with Crippen LogP contribution in [0.1, 0.15) is 56.9 Å². The summed E-state index contributed by atoms with van der Waals surface area (Å²) in [5.74, 6) is 3.16. The first-order chi connectivity index (χ1) is 13.4. The van der Waals surface area contributed by atoms with Crippen LogP contribution in [0.15, 0.2) is 48.5 Å². The Bertz CT molecular complexity index is 779. The van der Waals surface area contributed by atoms with Gasteiger partial charge >= 0.3 is 6.36 Å². The van der Waals surface area contributed by atoms with Gasteiger partial charge in [-0.25, -0.2) is 0 Å². The summed E-state index contributed by atoms with van der Waals surface area (Å²) in [4.78, 5) is 0. The molecule has 0 aliphatic heterocycles. The number of rotatable bonds is 3. The standard InChI is InChI=1S/C24H27F3O/c1-16-2-3-22-15-21(9-8-20(22)14-16)19-6-4-17(5-7-19)18-10-12-23(13-11-18)28-24(25,26)27/h4-7,10-13,16,20-22H,2-3,8-9,14-15H2,1H3/t16?,20-,21-,22-/m1/s1. The van der Waals surface area contributed by atoms with E-state index in [1.54, 1.807) is 12.1 Å². The molecule has 2 aromatic rings. The fraction of sp³-hybridized carbons (Fsp3) is 0.500. The van der Waals surface area contributed by atoms with Crippen molar-refractivity contribution in [3.05, 3.63) is 54.1 Å². The summed E-state index contributed by atoms with van der Waals surface area (Å²) < 4.78 is 40.8. The van der Waals surface area contributed by atoms with Crippen LogP contribution in [0, 0.1) is 17.8 Å². The van der Waals surface area contributed by atoms with E-state index in [4.69, 9.17) is 0 Å². The molecule has 4 heteroatoms. The quantitative estimate of drug-likeness (QED) is 0.527. The van der Waals surface area contributed by atoms with E-state index in [-0.39, 0.29) is 5.75 Å². The van der Waals surface area contributed by atoms with Crippen LogP contribution in [0.3, 0.4) is 0 Å². The molecule has 0 N–H and O–H groups in total. The first kappa shape index (κ1) is 19.4. The van der Waals surface area contributed by atoms with Crippen LogP contribution < -0.4 is 4.74 Å². The lowest BCUT2D eigenvalue weighted by molar-refractivity contribution is -0.274. The number of halogens is 3. The van der Waals surface area contributed by atoms with E-state index in [9.17, 15) is 13.2 Å². The average molecular weight is 388 g/mol. The van der Waals surface area contributed by atoms with Crippen molar-refractivity contribution in [3.63, 3.8) is 0 Å². The third-order valence-corrected chi connectivity index (χ3v) is 6.68. The van der Waals surface area contributed by atoms with Crippen LogP contribution in [0.2, 0.25) is 0 Å². The van der Waals surface area contributed by atoms with Crippen molar-refractivity contribution in [1.29, 1.82) is 0 Å². The fourth-order valence-corrected chi connectivity index (χ4v) is 5.22. The van der Waals surface area contributed by atoms with Crippen molar-refractivity contribution >= 4 is 0 Å². The average Bonchev–Trinajstić information content (AvgIpc) is 2.67. The maximum absolute atomic E-state index is 12.3. The number of fused-ring (bicyclic) bond motifs is 1. The molecule has 1 nitrogen and oxygen atoms in total. The summed E-state index contributed by atoms with van der Waals surface area (Å²) in [5.41, 5.74) is 3.31. The predicted octanol–water partition coefficient (Wildman–Crippen LogP) is 7.57. The summed E-state index contributed by atoms with van der Waals surface area (Å²) in [7, 11) is 0. The van der Waals surface area contributed by atoms with Gasteiger partial charge in [-0.2, -0.15) is 0 Å². The largest absolute Gasteiger partial charge is 0.573 e. The summed E-state index contributed by atoms with van der Waals surface area (Å²) in [6, 6.07) is 14.6. The van der Waals surface area contributed by atoms with E-state index in [0.717, 1.165) is 28.9 Å². The number of alkyl halides is 3. The van der Waals surface area contributed by atoms with Gasteiger partial charge in [-0.15, -0.1) is 13.2 Å². The summed E-state index contributed by atoms with van der Waals surface area (Å²) in [6.45, 7) is 2.39. The Morgan fingerprint density at radius 3 is 1.96 bits per heavy atom. The molecular formula is C24H27F3O. The van der Waals surface area contributed by atoms with E-state index in [1.165, 1.54) is 56.2 Å². The summed E-state index contributed by atoms with van der Waals surface area (Å²) in [6.07, 6.45) is 3.44. The monoisotopic (exact) mass is 388 g/mol. The lowest BCUT2D eigenvalue weighted by Gasteiger charge is -2.41. The van der Waals surface area contributed by atoms with Crippen molar-refractivity contribution in [1.82, 2.24) is 0 Å². The van der Waals surface area contributed by atoms with E-state index in [0.29, 0.717) is 5.92 Å². The SMILES string of the molecule is CC1CC[C@@H]2C[C@H](c3ccc(-c4ccc(OC(F)(F)F)cc4)cc3)CC[C@@H]2C1. The molecule has 0 bridgehead atoms. The molecular weight excluding hydrogens is 361 g/mol. The molecule has 0 radical (unpaired) electrons. The Labute approximate surface area is 164 Å². The second-order valence-corrected chi connectivity index (χ2v) is 8.64. The second kappa shape index (κ2) is 7.81. The number of hydrogen-bond acceptors (Lipinski definition) is 1. The minimum Gasteiger partial charge on any atom is -0.406 e. The summed E-state index contributed by atoms with van der Waals surface area (Å²) in [5, 5.41) is 0. The molecule has 2 fully saturated rings. The molecule has 0 amide bonds. The molecule has 0 aromatic heterocycles. The van der Waals surface area contributed by atoms with E-state index < -0.39 is 6.36 Å². The Morgan fingerprint density at radius 2 is 1.32 bits per heavy atom. The third kappa shape index (κ3) is 4.53. The van der Waals surface area contributed by atoms with Gasteiger partial charge in [0, 0.05) is 0 Å². The molecule has 2 aromatic carbocycles. The van der Waals surface area contributed by atoms with Crippen molar-refractivity contribution < 1.29 is 17.9 Å². The summed E-state index contributed by atoms with van der Waals surface area (Å²) >= 11 is 0. The van der Waals surface area contributed by atoms with E-state index in [1.807, 2.05) is 0 Å². The smallest absolute Gasteiger partial charge is 0.406 e. The zero-order valence-electron chi connectivity index (χ0n) is 16.2. The van der Waals surface area contributed by atoms with Gasteiger partial charge < -0.3 is 4.74 Å². The van der Waals surface area contributed by atoms with Crippen LogP contribution in [-0.4, -0.2) is 6.36 Å². The van der Waals surface area contributed by atoms with Gasteiger partial charge in [0.25, 0.3) is 0 Å². The number of benzene rings is 2. The van der Waals surface area contributed by atoms with E-state index >= 15 is 0 Å². The van der Waals surface area contributed by atoms with Crippen molar-refractivity contribution in [3.8, 4) is 16.9 Å². The minimum atomic E-state index is -4.65. The first-order valence-corrected chi connectivity index (χ1v) is 10.3. The molecule has 0 spiro atoms. The van der Waals surface area contributed by atoms with Crippen molar-refractivity contribution in [2.45, 2.75) is 57.7 Å². The fourth-order valence-electron chi connectivity index (χ4n) is 5.22. The molecule has 28 heavy (non-hydrogen) atoms. The van der Waals surface area contributed by atoms with Gasteiger partial charge in [-0.05, 0) is 84.6 Å². The maximum atomic E-state index is 12.3. The van der Waals surface area contributed by atoms with Crippen LogP contribution in [0.25, 0.3) is 11.1 Å². The Kier molecular flexibility index (Phi) is 5.39. The molecule has 4 rings (SSSR count). The predicted molar refractivity (Wildman–Crippen MR) is 105 cm³/mol. The number of ether oxygens (including phenoxy) is 1. The van der Waals surface area contributed by atoms with Crippen molar-refractivity contribution in [2.24, 2.45) is 17.8 Å². The number of hydrogen-bond donors (Lipinski definition) is 0. The Balaban J connectivity index is 1.41. The molecule has 2 saturated carbocycles. The second-order valence-electron chi connectivity index (χ2n) is 8.64. The van der Waals surface area contributed by atoms with Gasteiger partial charge in [0.1, 0.15) is 5.75 Å². The van der Waals surface area contributed by atoms with Gasteiger partial charge in [0.05, 0.1) is 0 Å². The Morgan fingerprint density at radius 1 is 0.750 bits per heavy atom. The van der Waals surface area contributed by atoms with Gasteiger partial charge in [0.2, 0.25) is 0 Å². The Hall–Kier alpha value is -1.97. The van der Waals surface area contributed by atoms with Gasteiger partial charge in [0.15, 0.2) is 0 Å². The highest BCUT2D eigenvalue weighted by molar-refractivity contribution is 5.64. The highest BCUT2D eigenvalue weighted by Gasteiger charge is 2.34. The van der Waals surface area contributed by atoms with E-state index in [2.05, 4.69) is 35.9 Å². The zero-order valence-corrected chi connectivity index (χ0v) is 16.2. The van der Waals surface area contributed by atoms with Gasteiger partial charge in [-0.3, -0.25) is 0 Å². The lowest BCUT2D eigenvalue weighted by atomic mass is 9.64. The third-order valence-electron chi connectivity index (χ3n) is 6.68. The van der Waals surface area contributed by atoms with Crippen LogP contribution in [0.5, 0.6) is 5.75 Å². The van der Waals surface area contributed by atoms with Crippen molar-refractivity contribution in [2.75, 3.05) is 0 Å².